The van der Waals surface area contributed by atoms with Crippen LogP contribution in [0.2, 0.25) is 0 Å². The Morgan fingerprint density at radius 3 is 2.47 bits per heavy atom. The molecule has 1 aliphatic heterocycles. The van der Waals surface area contributed by atoms with E-state index in [2.05, 4.69) is 5.32 Å². The number of rotatable bonds is 3. The zero-order valence-corrected chi connectivity index (χ0v) is 10.8. The lowest BCUT2D eigenvalue weighted by Gasteiger charge is -2.36. The van der Waals surface area contributed by atoms with Crippen molar-refractivity contribution < 1.29 is 9.53 Å². The topological polar surface area (TPSA) is 41.6 Å². The second kappa shape index (κ2) is 6.24. The maximum absolute atomic E-state index is 12.0. The van der Waals surface area contributed by atoms with Gasteiger partial charge in [-0.2, -0.15) is 0 Å². The average molecular weight is 240 g/mol. The van der Waals surface area contributed by atoms with E-state index in [1.807, 2.05) is 11.8 Å². The number of carbonyl (C=O) groups is 1. The van der Waals surface area contributed by atoms with Crippen LogP contribution in [0.1, 0.15) is 45.4 Å². The van der Waals surface area contributed by atoms with Crippen LogP contribution in [-0.4, -0.2) is 42.8 Å². The largest absolute Gasteiger partial charge is 0.378 e. The maximum Gasteiger partial charge on any atom is 0.317 e. The maximum atomic E-state index is 12.0. The molecule has 98 valence electrons. The van der Waals surface area contributed by atoms with Crippen LogP contribution in [-0.2, 0) is 4.74 Å². The van der Waals surface area contributed by atoms with E-state index in [1.165, 1.54) is 12.8 Å². The molecule has 0 aromatic carbocycles. The monoisotopic (exact) mass is 240 g/mol. The summed E-state index contributed by atoms with van der Waals surface area (Å²) >= 11 is 0. The fourth-order valence-electron chi connectivity index (χ4n) is 2.59. The van der Waals surface area contributed by atoms with E-state index in [0.29, 0.717) is 12.1 Å². The Bertz CT molecular complexity index is 244. The van der Waals surface area contributed by atoms with E-state index in [4.69, 9.17) is 4.74 Å². The van der Waals surface area contributed by atoms with Crippen LogP contribution < -0.4 is 5.32 Å². The fourth-order valence-corrected chi connectivity index (χ4v) is 2.59. The van der Waals surface area contributed by atoms with Crippen molar-refractivity contribution in [3.8, 4) is 0 Å². The normalized spacial score (nSPS) is 29.4. The third kappa shape index (κ3) is 3.60. The summed E-state index contributed by atoms with van der Waals surface area (Å²) in [5.74, 6) is 0. The number of carbonyl (C=O) groups excluding carboxylic acids is 1. The summed E-state index contributed by atoms with van der Waals surface area (Å²) in [6.07, 6.45) is 7.16. The highest BCUT2D eigenvalue weighted by atomic mass is 16.5. The summed E-state index contributed by atoms with van der Waals surface area (Å²) in [6.45, 7) is 4.64. The van der Waals surface area contributed by atoms with Gasteiger partial charge >= 0.3 is 6.03 Å². The molecule has 2 amide bonds. The van der Waals surface area contributed by atoms with Crippen molar-refractivity contribution in [2.45, 2.75) is 57.6 Å². The molecule has 1 saturated heterocycles. The summed E-state index contributed by atoms with van der Waals surface area (Å²) in [6, 6.07) is 0.467. The molecular formula is C13H24N2O2. The van der Waals surface area contributed by atoms with E-state index in [1.54, 1.807) is 0 Å². The smallest absolute Gasteiger partial charge is 0.317 e. The van der Waals surface area contributed by atoms with Crippen LogP contribution in [0.3, 0.4) is 0 Å². The van der Waals surface area contributed by atoms with Crippen molar-refractivity contribution in [2.75, 3.05) is 19.7 Å². The van der Waals surface area contributed by atoms with Crippen molar-refractivity contribution in [1.82, 2.24) is 10.2 Å². The van der Waals surface area contributed by atoms with Crippen LogP contribution >= 0.6 is 0 Å². The van der Waals surface area contributed by atoms with E-state index in [-0.39, 0.29) is 6.03 Å². The van der Waals surface area contributed by atoms with Crippen LogP contribution in [0.5, 0.6) is 0 Å². The zero-order valence-electron chi connectivity index (χ0n) is 10.8. The van der Waals surface area contributed by atoms with Crippen molar-refractivity contribution in [2.24, 2.45) is 0 Å². The average Bonchev–Trinajstić information content (AvgIpc) is 2.54. The molecule has 2 rings (SSSR count). The molecule has 1 heterocycles. The van der Waals surface area contributed by atoms with Crippen molar-refractivity contribution in [1.29, 1.82) is 0 Å². The first kappa shape index (κ1) is 12.7. The number of likely N-dealkylation sites (tertiary alicyclic amines) is 1. The van der Waals surface area contributed by atoms with Gasteiger partial charge in [-0.05, 0) is 32.6 Å². The molecule has 0 unspecified atom stereocenters. The molecule has 1 saturated carbocycles. The van der Waals surface area contributed by atoms with Gasteiger partial charge in [-0.25, -0.2) is 4.79 Å². The number of amides is 2. The van der Waals surface area contributed by atoms with E-state index < -0.39 is 0 Å². The predicted octanol–water partition coefficient (Wildman–Crippen LogP) is 2.14. The Morgan fingerprint density at radius 1 is 1.24 bits per heavy atom. The molecule has 0 aromatic heterocycles. The van der Waals surface area contributed by atoms with Crippen LogP contribution in [0, 0.1) is 0 Å². The Labute approximate surface area is 104 Å². The minimum absolute atomic E-state index is 0.131. The van der Waals surface area contributed by atoms with E-state index in [9.17, 15) is 4.79 Å². The summed E-state index contributed by atoms with van der Waals surface area (Å²) < 4.78 is 5.49. The molecule has 17 heavy (non-hydrogen) atoms. The van der Waals surface area contributed by atoms with Crippen molar-refractivity contribution in [3.05, 3.63) is 0 Å². The first-order valence-corrected chi connectivity index (χ1v) is 6.96. The molecule has 2 aliphatic rings. The van der Waals surface area contributed by atoms with Gasteiger partial charge < -0.3 is 15.0 Å². The van der Waals surface area contributed by atoms with Crippen LogP contribution in [0.25, 0.3) is 0 Å². The highest BCUT2D eigenvalue weighted by Gasteiger charge is 2.31. The Hall–Kier alpha value is -0.770. The molecule has 1 N–H and O–H groups in total. The lowest BCUT2D eigenvalue weighted by Crippen LogP contribution is -2.52. The molecule has 4 nitrogen and oxygen atoms in total. The standard InChI is InChI=1S/C13H24N2O2/c1-2-17-12-9-11(10-12)14-13(16)15-7-5-3-4-6-8-15/h11-12H,2-10H2,1H3,(H,14,16). The summed E-state index contributed by atoms with van der Waals surface area (Å²) in [5, 5.41) is 3.11. The van der Waals surface area contributed by atoms with Gasteiger partial charge in [-0.3, -0.25) is 0 Å². The summed E-state index contributed by atoms with van der Waals surface area (Å²) in [4.78, 5) is 14.0. The highest BCUT2D eigenvalue weighted by Crippen LogP contribution is 2.23. The fraction of sp³-hybridized carbons (Fsp3) is 0.923. The van der Waals surface area contributed by atoms with Gasteiger partial charge in [0, 0.05) is 25.7 Å². The first-order valence-electron chi connectivity index (χ1n) is 6.96. The molecule has 1 aliphatic carbocycles. The van der Waals surface area contributed by atoms with Gasteiger partial charge in [-0.1, -0.05) is 12.8 Å². The zero-order chi connectivity index (χ0) is 12.1. The minimum Gasteiger partial charge on any atom is -0.378 e. The van der Waals surface area contributed by atoms with Gasteiger partial charge in [0.15, 0.2) is 0 Å². The van der Waals surface area contributed by atoms with Gasteiger partial charge in [0.1, 0.15) is 0 Å². The molecular weight excluding hydrogens is 216 g/mol. The lowest BCUT2D eigenvalue weighted by atomic mass is 9.89. The molecule has 0 spiro atoms. The Kier molecular flexibility index (Phi) is 4.66. The summed E-state index contributed by atoms with van der Waals surface area (Å²) in [7, 11) is 0. The molecule has 0 aromatic rings. The predicted molar refractivity (Wildman–Crippen MR) is 67.0 cm³/mol. The lowest BCUT2D eigenvalue weighted by molar-refractivity contribution is -0.00804. The molecule has 0 atom stereocenters. The number of urea groups is 1. The van der Waals surface area contributed by atoms with Crippen molar-refractivity contribution in [3.63, 3.8) is 0 Å². The first-order chi connectivity index (χ1) is 8.29. The third-order valence-electron chi connectivity index (χ3n) is 3.72. The van der Waals surface area contributed by atoms with Crippen LogP contribution in [0.15, 0.2) is 0 Å². The Balaban J connectivity index is 1.67. The molecule has 0 radical (unpaired) electrons. The van der Waals surface area contributed by atoms with Gasteiger partial charge in [-0.15, -0.1) is 0 Å². The number of hydrogen-bond donors (Lipinski definition) is 1. The van der Waals surface area contributed by atoms with Gasteiger partial charge in [0.2, 0.25) is 0 Å². The summed E-state index contributed by atoms with van der Waals surface area (Å²) in [5.41, 5.74) is 0. The number of ether oxygens (including phenoxy) is 1. The molecule has 0 bridgehead atoms. The number of nitrogens with zero attached hydrogens (tertiary/aromatic N) is 1. The Morgan fingerprint density at radius 2 is 1.88 bits per heavy atom. The third-order valence-corrected chi connectivity index (χ3v) is 3.72. The second-order valence-electron chi connectivity index (χ2n) is 5.10. The van der Waals surface area contributed by atoms with Gasteiger partial charge in [0.05, 0.1) is 6.10 Å². The quantitative estimate of drug-likeness (QED) is 0.821. The van der Waals surface area contributed by atoms with Gasteiger partial charge in [0.25, 0.3) is 0 Å². The van der Waals surface area contributed by atoms with Crippen LogP contribution in [0.4, 0.5) is 4.79 Å². The second-order valence-corrected chi connectivity index (χ2v) is 5.10. The molecule has 4 heteroatoms. The van der Waals surface area contributed by atoms with Crippen molar-refractivity contribution >= 4 is 6.03 Å². The van der Waals surface area contributed by atoms with E-state index >= 15 is 0 Å². The van der Waals surface area contributed by atoms with E-state index in [0.717, 1.165) is 45.4 Å². The number of nitrogens with one attached hydrogen (secondary N) is 1. The highest BCUT2D eigenvalue weighted by molar-refractivity contribution is 5.74. The SMILES string of the molecule is CCOC1CC(NC(=O)N2CCCCCC2)C1. The molecule has 2 fully saturated rings. The minimum atomic E-state index is 0.131. The number of hydrogen-bond acceptors (Lipinski definition) is 2.